The summed E-state index contributed by atoms with van der Waals surface area (Å²) in [7, 11) is 0. The van der Waals surface area contributed by atoms with Crippen LogP contribution in [0.2, 0.25) is 0 Å². The van der Waals surface area contributed by atoms with Gasteiger partial charge in [0.05, 0.1) is 5.56 Å². The van der Waals surface area contributed by atoms with Crippen LogP contribution in [0, 0.1) is 6.92 Å². The Labute approximate surface area is 124 Å². The van der Waals surface area contributed by atoms with Gasteiger partial charge in [0.25, 0.3) is 0 Å². The van der Waals surface area contributed by atoms with E-state index in [1.54, 1.807) is 19.1 Å². The molecule has 0 saturated heterocycles. The lowest BCUT2D eigenvalue weighted by Gasteiger charge is -2.34. The molecule has 2 rings (SSSR count). The average molecular weight is 290 g/mol. The summed E-state index contributed by atoms with van der Waals surface area (Å²) in [5.41, 5.74) is 1.45. The molecule has 1 aliphatic rings. The zero-order chi connectivity index (χ0) is 15.5. The summed E-state index contributed by atoms with van der Waals surface area (Å²) in [6.45, 7) is 3.86. The summed E-state index contributed by atoms with van der Waals surface area (Å²) in [6, 6.07) is 4.44. The third kappa shape index (κ3) is 3.97. The fraction of sp³-hybridized carbons (Fsp3) is 0.500. The van der Waals surface area contributed by atoms with Crippen molar-refractivity contribution in [3.05, 3.63) is 29.3 Å². The van der Waals surface area contributed by atoms with E-state index in [0.29, 0.717) is 5.69 Å². The molecule has 0 aliphatic heterocycles. The Bertz CT molecular complexity index is 548. The van der Waals surface area contributed by atoms with E-state index in [0.717, 1.165) is 31.2 Å². The zero-order valence-corrected chi connectivity index (χ0v) is 12.5. The minimum atomic E-state index is -0.969. The van der Waals surface area contributed by atoms with Gasteiger partial charge in [-0.05, 0) is 50.5 Å². The molecule has 0 heterocycles. The highest BCUT2D eigenvalue weighted by Gasteiger charge is 2.28. The molecule has 1 aromatic carbocycles. The highest BCUT2D eigenvalue weighted by Crippen LogP contribution is 2.27. The largest absolute Gasteiger partial charge is 0.478 e. The molecule has 21 heavy (non-hydrogen) atoms. The molecule has 1 fully saturated rings. The van der Waals surface area contributed by atoms with Crippen molar-refractivity contribution in [1.29, 1.82) is 0 Å². The maximum absolute atomic E-state index is 12.1. The van der Waals surface area contributed by atoms with Crippen LogP contribution in [-0.4, -0.2) is 22.6 Å². The van der Waals surface area contributed by atoms with Gasteiger partial charge in [-0.1, -0.05) is 19.3 Å². The van der Waals surface area contributed by atoms with Gasteiger partial charge >= 0.3 is 12.0 Å². The minimum Gasteiger partial charge on any atom is -0.478 e. The van der Waals surface area contributed by atoms with Crippen LogP contribution in [0.4, 0.5) is 10.5 Å². The molecule has 1 saturated carbocycles. The van der Waals surface area contributed by atoms with Gasteiger partial charge in [-0.25, -0.2) is 9.59 Å². The van der Waals surface area contributed by atoms with Crippen LogP contribution in [0.5, 0.6) is 0 Å². The van der Waals surface area contributed by atoms with Gasteiger partial charge in [-0.3, -0.25) is 0 Å². The van der Waals surface area contributed by atoms with E-state index in [-0.39, 0.29) is 17.1 Å². The van der Waals surface area contributed by atoms with Crippen molar-refractivity contribution < 1.29 is 14.7 Å². The number of amides is 2. The normalized spacial score (nSPS) is 17.0. The van der Waals surface area contributed by atoms with Crippen LogP contribution < -0.4 is 10.6 Å². The van der Waals surface area contributed by atoms with Crippen LogP contribution in [-0.2, 0) is 0 Å². The van der Waals surface area contributed by atoms with Crippen molar-refractivity contribution in [3.8, 4) is 0 Å². The first-order chi connectivity index (χ1) is 9.89. The molecule has 0 aromatic heterocycles. The molecule has 0 unspecified atom stereocenters. The predicted octanol–water partition coefficient (Wildman–Crippen LogP) is 3.54. The molecule has 5 nitrogen and oxygen atoms in total. The van der Waals surface area contributed by atoms with E-state index < -0.39 is 5.97 Å². The standard InChI is InChI=1S/C16H22N2O3/c1-11-10-12(14(19)20)6-7-13(11)17-15(21)18-16(2)8-4-3-5-9-16/h6-7,10H,3-5,8-9H2,1-2H3,(H,19,20)(H2,17,18,21). The van der Waals surface area contributed by atoms with Crippen molar-refractivity contribution in [2.45, 2.75) is 51.5 Å². The second-order valence-corrected chi connectivity index (χ2v) is 6.04. The van der Waals surface area contributed by atoms with Gasteiger partial charge in [0.1, 0.15) is 0 Å². The minimum absolute atomic E-state index is 0.142. The number of hydrogen-bond donors (Lipinski definition) is 3. The third-order valence-corrected chi connectivity index (χ3v) is 4.09. The molecule has 0 radical (unpaired) electrons. The maximum Gasteiger partial charge on any atom is 0.335 e. The van der Waals surface area contributed by atoms with Gasteiger partial charge in [0, 0.05) is 11.2 Å². The van der Waals surface area contributed by atoms with Crippen LogP contribution in [0.1, 0.15) is 54.9 Å². The number of hydrogen-bond acceptors (Lipinski definition) is 2. The summed E-state index contributed by atoms with van der Waals surface area (Å²) < 4.78 is 0. The van der Waals surface area contributed by atoms with Crippen molar-refractivity contribution in [2.24, 2.45) is 0 Å². The van der Waals surface area contributed by atoms with Crippen LogP contribution >= 0.6 is 0 Å². The smallest absolute Gasteiger partial charge is 0.335 e. The lowest BCUT2D eigenvalue weighted by atomic mass is 9.83. The van der Waals surface area contributed by atoms with Crippen molar-refractivity contribution in [1.82, 2.24) is 5.32 Å². The Morgan fingerprint density at radius 2 is 1.86 bits per heavy atom. The van der Waals surface area contributed by atoms with E-state index >= 15 is 0 Å². The van der Waals surface area contributed by atoms with E-state index in [4.69, 9.17) is 5.11 Å². The Morgan fingerprint density at radius 1 is 1.19 bits per heavy atom. The summed E-state index contributed by atoms with van der Waals surface area (Å²) in [4.78, 5) is 23.0. The summed E-state index contributed by atoms with van der Waals surface area (Å²) in [5.74, 6) is -0.969. The lowest BCUT2D eigenvalue weighted by Crippen LogP contribution is -2.48. The second kappa shape index (κ2) is 6.16. The van der Waals surface area contributed by atoms with Crippen LogP contribution in [0.25, 0.3) is 0 Å². The number of carboxylic acids is 1. The summed E-state index contributed by atoms with van der Waals surface area (Å²) >= 11 is 0. The van der Waals surface area contributed by atoms with Gasteiger partial charge in [-0.2, -0.15) is 0 Å². The number of anilines is 1. The topological polar surface area (TPSA) is 78.4 Å². The third-order valence-electron chi connectivity index (χ3n) is 4.09. The first-order valence-corrected chi connectivity index (χ1v) is 7.33. The van der Waals surface area contributed by atoms with Crippen molar-refractivity contribution in [2.75, 3.05) is 5.32 Å². The number of aromatic carboxylic acids is 1. The number of aryl methyl sites for hydroxylation is 1. The molecular formula is C16H22N2O3. The van der Waals surface area contributed by atoms with Crippen LogP contribution in [0.3, 0.4) is 0 Å². The molecule has 114 valence electrons. The Morgan fingerprint density at radius 3 is 2.43 bits per heavy atom. The van der Waals surface area contributed by atoms with E-state index in [1.165, 1.54) is 12.5 Å². The van der Waals surface area contributed by atoms with E-state index in [1.807, 2.05) is 0 Å². The summed E-state index contributed by atoms with van der Waals surface area (Å²) in [6.07, 6.45) is 5.51. The predicted molar refractivity (Wildman–Crippen MR) is 81.8 cm³/mol. The second-order valence-electron chi connectivity index (χ2n) is 6.04. The number of carbonyl (C=O) groups is 2. The van der Waals surface area contributed by atoms with Crippen molar-refractivity contribution >= 4 is 17.7 Å². The van der Waals surface area contributed by atoms with Crippen LogP contribution in [0.15, 0.2) is 18.2 Å². The molecule has 1 aromatic rings. The van der Waals surface area contributed by atoms with E-state index in [9.17, 15) is 9.59 Å². The molecule has 2 amide bonds. The number of rotatable bonds is 3. The highest BCUT2D eigenvalue weighted by atomic mass is 16.4. The maximum atomic E-state index is 12.1. The van der Waals surface area contributed by atoms with Gasteiger partial charge in [-0.15, -0.1) is 0 Å². The number of carboxylic acid groups (broad SMARTS) is 1. The highest BCUT2D eigenvalue weighted by molar-refractivity contribution is 5.93. The van der Waals surface area contributed by atoms with Gasteiger partial charge in [0.15, 0.2) is 0 Å². The van der Waals surface area contributed by atoms with Gasteiger partial charge < -0.3 is 15.7 Å². The molecule has 0 spiro atoms. The monoisotopic (exact) mass is 290 g/mol. The van der Waals surface area contributed by atoms with Crippen molar-refractivity contribution in [3.63, 3.8) is 0 Å². The molecule has 5 heteroatoms. The quantitative estimate of drug-likeness (QED) is 0.796. The van der Waals surface area contributed by atoms with E-state index in [2.05, 4.69) is 17.6 Å². The number of benzene rings is 1. The molecular weight excluding hydrogens is 268 g/mol. The van der Waals surface area contributed by atoms with Gasteiger partial charge in [0.2, 0.25) is 0 Å². The first kappa shape index (κ1) is 15.4. The fourth-order valence-corrected chi connectivity index (χ4v) is 2.82. The molecule has 1 aliphatic carbocycles. The Hall–Kier alpha value is -2.04. The first-order valence-electron chi connectivity index (χ1n) is 7.33. The SMILES string of the molecule is Cc1cc(C(=O)O)ccc1NC(=O)NC1(C)CCCCC1. The number of nitrogens with one attached hydrogen (secondary N) is 2. The average Bonchev–Trinajstić information content (AvgIpc) is 2.41. The summed E-state index contributed by atoms with van der Waals surface area (Å²) in [5, 5.41) is 14.8. The Kier molecular flexibility index (Phi) is 4.50. The molecule has 0 bridgehead atoms. The zero-order valence-electron chi connectivity index (χ0n) is 12.5. The fourth-order valence-electron chi connectivity index (χ4n) is 2.82. The number of urea groups is 1. The molecule has 3 N–H and O–H groups in total. The lowest BCUT2D eigenvalue weighted by molar-refractivity contribution is 0.0697. The molecule has 0 atom stereocenters. The Balaban J connectivity index is 2.01. The number of carbonyl (C=O) groups excluding carboxylic acids is 1.